The van der Waals surface area contributed by atoms with Crippen molar-refractivity contribution in [2.75, 3.05) is 13.1 Å². The second-order valence-corrected chi connectivity index (χ2v) is 8.23. The summed E-state index contributed by atoms with van der Waals surface area (Å²) in [6.07, 6.45) is 6.80. The maximum absolute atomic E-state index is 12.2. The van der Waals surface area contributed by atoms with Crippen LogP contribution in [0.1, 0.15) is 58.8 Å². The first-order valence-electron chi connectivity index (χ1n) is 7.06. The summed E-state index contributed by atoms with van der Waals surface area (Å²) in [4.78, 5) is 0. The third-order valence-corrected chi connectivity index (χ3v) is 5.70. The van der Waals surface area contributed by atoms with Gasteiger partial charge in [0.15, 0.2) is 0 Å². The summed E-state index contributed by atoms with van der Waals surface area (Å²) in [7, 11) is -3.12. The predicted molar refractivity (Wildman–Crippen MR) is 75.9 cm³/mol. The summed E-state index contributed by atoms with van der Waals surface area (Å²) >= 11 is 0. The van der Waals surface area contributed by atoms with E-state index in [-0.39, 0.29) is 10.7 Å². The number of hydrogen-bond acceptors (Lipinski definition) is 3. The highest BCUT2D eigenvalue weighted by Crippen LogP contribution is 2.25. The molecule has 1 saturated carbocycles. The maximum atomic E-state index is 12.2. The Hall–Kier alpha value is -0.130. The molecule has 0 aromatic rings. The normalized spacial score (nSPS) is 19.1. The average Bonchev–Trinajstić information content (AvgIpc) is 2.36. The van der Waals surface area contributed by atoms with Crippen LogP contribution in [-0.2, 0) is 10.0 Å². The largest absolute Gasteiger partial charge is 0.330 e. The van der Waals surface area contributed by atoms with Gasteiger partial charge in [-0.1, -0.05) is 33.1 Å². The number of nitrogens with two attached hydrogens (primary N) is 1. The lowest BCUT2D eigenvalue weighted by Crippen LogP contribution is -2.40. The van der Waals surface area contributed by atoms with Gasteiger partial charge in [0.25, 0.3) is 0 Å². The fraction of sp³-hybridized carbons (Fsp3) is 1.00. The Labute approximate surface area is 112 Å². The molecule has 0 amide bonds. The molecular formula is C13H28N2O2S. The van der Waals surface area contributed by atoms with Crippen molar-refractivity contribution in [3.8, 4) is 0 Å². The highest BCUT2D eigenvalue weighted by atomic mass is 32.2. The van der Waals surface area contributed by atoms with E-state index < -0.39 is 10.0 Å². The van der Waals surface area contributed by atoms with Crippen LogP contribution >= 0.6 is 0 Å². The van der Waals surface area contributed by atoms with Crippen LogP contribution in [0.4, 0.5) is 0 Å². The molecule has 0 saturated heterocycles. The lowest BCUT2D eigenvalue weighted by atomic mass is 9.88. The number of hydrogen-bond donors (Lipinski definition) is 2. The van der Waals surface area contributed by atoms with E-state index in [2.05, 4.69) is 18.6 Å². The molecule has 108 valence electrons. The topological polar surface area (TPSA) is 72.2 Å². The lowest BCUT2D eigenvalue weighted by molar-refractivity contribution is 0.325. The molecule has 0 aliphatic heterocycles. The van der Waals surface area contributed by atoms with E-state index in [1.165, 1.54) is 6.42 Å². The van der Waals surface area contributed by atoms with Crippen molar-refractivity contribution >= 4 is 10.0 Å². The van der Waals surface area contributed by atoms with Crippen molar-refractivity contribution in [1.82, 2.24) is 4.72 Å². The van der Waals surface area contributed by atoms with Gasteiger partial charge in [-0.15, -0.1) is 0 Å². The first kappa shape index (κ1) is 15.9. The summed E-state index contributed by atoms with van der Waals surface area (Å²) < 4.78 is 27.1. The third kappa shape index (κ3) is 5.24. The maximum Gasteiger partial charge on any atom is 0.214 e. The van der Waals surface area contributed by atoms with Gasteiger partial charge in [0.2, 0.25) is 10.0 Å². The van der Waals surface area contributed by atoms with E-state index in [0.717, 1.165) is 38.5 Å². The standard InChI is InChI=1S/C13H28N2O2S/c1-13(2,9-6-10-14)11-15-18(16,17)12-7-4-3-5-8-12/h12,15H,3-11,14H2,1-2H3. The van der Waals surface area contributed by atoms with Gasteiger partial charge in [0.1, 0.15) is 0 Å². The minimum absolute atomic E-state index is 0.0128. The molecule has 1 fully saturated rings. The first-order valence-corrected chi connectivity index (χ1v) is 8.60. The van der Waals surface area contributed by atoms with Crippen LogP contribution < -0.4 is 10.5 Å². The molecular weight excluding hydrogens is 248 g/mol. The van der Waals surface area contributed by atoms with Crippen LogP contribution in [-0.4, -0.2) is 26.8 Å². The summed E-state index contributed by atoms with van der Waals surface area (Å²) in [5.74, 6) is 0. The Morgan fingerprint density at radius 1 is 1.22 bits per heavy atom. The van der Waals surface area contributed by atoms with Gasteiger partial charge in [-0.3, -0.25) is 0 Å². The molecule has 0 unspecified atom stereocenters. The fourth-order valence-corrected chi connectivity index (χ4v) is 4.24. The zero-order chi connectivity index (χ0) is 13.6. The van der Waals surface area contributed by atoms with Gasteiger partial charge in [-0.2, -0.15) is 0 Å². The number of sulfonamides is 1. The average molecular weight is 276 g/mol. The molecule has 0 aromatic carbocycles. The summed E-state index contributed by atoms with van der Waals surface area (Å²) in [6, 6.07) is 0. The third-order valence-electron chi connectivity index (χ3n) is 3.80. The zero-order valence-electron chi connectivity index (χ0n) is 11.7. The SMILES string of the molecule is CC(C)(CCCN)CNS(=O)(=O)C1CCCCC1. The van der Waals surface area contributed by atoms with E-state index in [1.54, 1.807) is 0 Å². The van der Waals surface area contributed by atoms with Crippen molar-refractivity contribution in [3.63, 3.8) is 0 Å². The molecule has 0 atom stereocenters. The molecule has 1 aliphatic rings. The van der Waals surface area contributed by atoms with E-state index >= 15 is 0 Å². The second-order valence-electron chi connectivity index (χ2n) is 6.18. The van der Waals surface area contributed by atoms with Crippen molar-refractivity contribution < 1.29 is 8.42 Å². The molecule has 0 aromatic heterocycles. The van der Waals surface area contributed by atoms with Crippen LogP contribution in [0, 0.1) is 5.41 Å². The fourth-order valence-electron chi connectivity index (χ4n) is 2.46. The first-order chi connectivity index (χ1) is 8.37. The van der Waals surface area contributed by atoms with Crippen molar-refractivity contribution in [3.05, 3.63) is 0 Å². The van der Waals surface area contributed by atoms with E-state index in [1.807, 2.05) is 0 Å². The van der Waals surface area contributed by atoms with Crippen molar-refractivity contribution in [2.24, 2.45) is 11.1 Å². The Balaban J connectivity index is 2.45. The molecule has 0 radical (unpaired) electrons. The Morgan fingerprint density at radius 2 is 1.83 bits per heavy atom. The van der Waals surface area contributed by atoms with Crippen LogP contribution in [0.25, 0.3) is 0 Å². The minimum atomic E-state index is -3.12. The minimum Gasteiger partial charge on any atom is -0.330 e. The van der Waals surface area contributed by atoms with E-state index in [0.29, 0.717) is 13.1 Å². The monoisotopic (exact) mass is 276 g/mol. The molecule has 1 rings (SSSR count). The van der Waals surface area contributed by atoms with Crippen LogP contribution in [0.2, 0.25) is 0 Å². The Kier molecular flexibility index (Phi) is 6.08. The summed E-state index contributed by atoms with van der Waals surface area (Å²) in [5, 5.41) is -0.170. The van der Waals surface area contributed by atoms with Crippen LogP contribution in [0.5, 0.6) is 0 Å². The molecule has 3 N–H and O–H groups in total. The predicted octanol–water partition coefficient (Wildman–Crippen LogP) is 2.00. The van der Waals surface area contributed by atoms with Crippen molar-refractivity contribution in [1.29, 1.82) is 0 Å². The highest BCUT2D eigenvalue weighted by molar-refractivity contribution is 7.90. The van der Waals surface area contributed by atoms with Gasteiger partial charge < -0.3 is 5.73 Å². The number of rotatable bonds is 7. The smallest absolute Gasteiger partial charge is 0.214 e. The van der Waals surface area contributed by atoms with Gasteiger partial charge >= 0.3 is 0 Å². The Bertz CT molecular complexity index is 333. The van der Waals surface area contributed by atoms with Gasteiger partial charge in [0, 0.05) is 6.54 Å². The number of nitrogens with one attached hydrogen (secondary N) is 1. The molecule has 0 bridgehead atoms. The van der Waals surface area contributed by atoms with Crippen molar-refractivity contribution in [2.45, 2.75) is 64.0 Å². The van der Waals surface area contributed by atoms with Gasteiger partial charge in [0.05, 0.1) is 5.25 Å². The van der Waals surface area contributed by atoms with Gasteiger partial charge in [-0.05, 0) is 37.6 Å². The second kappa shape index (κ2) is 6.87. The van der Waals surface area contributed by atoms with Crippen LogP contribution in [0.15, 0.2) is 0 Å². The molecule has 0 spiro atoms. The molecule has 18 heavy (non-hydrogen) atoms. The zero-order valence-corrected chi connectivity index (χ0v) is 12.6. The molecule has 0 heterocycles. The molecule has 1 aliphatic carbocycles. The van der Waals surface area contributed by atoms with E-state index in [4.69, 9.17) is 5.73 Å². The highest BCUT2D eigenvalue weighted by Gasteiger charge is 2.29. The molecule has 4 nitrogen and oxygen atoms in total. The van der Waals surface area contributed by atoms with Gasteiger partial charge in [-0.25, -0.2) is 13.1 Å². The summed E-state index contributed by atoms with van der Waals surface area (Å²) in [5.41, 5.74) is 5.48. The van der Waals surface area contributed by atoms with E-state index in [9.17, 15) is 8.42 Å². The molecule has 5 heteroatoms. The summed E-state index contributed by atoms with van der Waals surface area (Å²) in [6.45, 7) is 5.36. The lowest BCUT2D eigenvalue weighted by Gasteiger charge is -2.27. The quantitative estimate of drug-likeness (QED) is 0.747. The van der Waals surface area contributed by atoms with Crippen LogP contribution in [0.3, 0.4) is 0 Å². The Morgan fingerprint density at radius 3 is 2.39 bits per heavy atom.